The molecule has 1 aromatic heterocycles. The molecular formula is C12H11NO. The van der Waals surface area contributed by atoms with Gasteiger partial charge < -0.3 is 0 Å². The van der Waals surface area contributed by atoms with Gasteiger partial charge in [-0.05, 0) is 31.5 Å². The lowest BCUT2D eigenvalue weighted by Gasteiger charge is -2.00. The molecule has 0 amide bonds. The van der Waals surface area contributed by atoms with E-state index in [2.05, 4.69) is 11.1 Å². The molecule has 0 radical (unpaired) electrons. The number of fused-ring (bicyclic) bond motifs is 1. The maximum Gasteiger partial charge on any atom is 0.159 e. The molecule has 2 aromatic rings. The van der Waals surface area contributed by atoms with Crippen LogP contribution in [0.15, 0.2) is 30.5 Å². The van der Waals surface area contributed by atoms with Gasteiger partial charge in [0.15, 0.2) is 5.78 Å². The Morgan fingerprint density at radius 3 is 2.79 bits per heavy atom. The minimum absolute atomic E-state index is 0.0780. The van der Waals surface area contributed by atoms with E-state index in [9.17, 15) is 4.79 Å². The fourth-order valence-corrected chi connectivity index (χ4v) is 1.45. The summed E-state index contributed by atoms with van der Waals surface area (Å²) in [7, 11) is 0. The van der Waals surface area contributed by atoms with E-state index < -0.39 is 0 Å². The SMILES string of the molecule is CC(=O)c1ccc2cc(C)cnc2c1. The van der Waals surface area contributed by atoms with Gasteiger partial charge in [-0.2, -0.15) is 0 Å². The number of Topliss-reactive ketones (excluding diaryl/α,β-unsaturated/α-hetero) is 1. The molecule has 0 fully saturated rings. The lowest BCUT2D eigenvalue weighted by molar-refractivity contribution is 0.101. The lowest BCUT2D eigenvalue weighted by Crippen LogP contribution is -1.92. The fourth-order valence-electron chi connectivity index (χ4n) is 1.45. The number of rotatable bonds is 1. The van der Waals surface area contributed by atoms with Crippen LogP contribution in [0.25, 0.3) is 10.9 Å². The zero-order valence-electron chi connectivity index (χ0n) is 8.24. The number of carbonyl (C=O) groups is 1. The monoisotopic (exact) mass is 185 g/mol. The zero-order valence-corrected chi connectivity index (χ0v) is 8.24. The van der Waals surface area contributed by atoms with E-state index in [1.165, 1.54) is 0 Å². The Hall–Kier alpha value is -1.70. The van der Waals surface area contributed by atoms with E-state index in [1.807, 2.05) is 31.3 Å². The Kier molecular flexibility index (Phi) is 2.04. The van der Waals surface area contributed by atoms with Gasteiger partial charge in [-0.3, -0.25) is 9.78 Å². The number of aromatic nitrogens is 1. The normalized spacial score (nSPS) is 10.4. The molecule has 0 N–H and O–H groups in total. The molecular weight excluding hydrogens is 174 g/mol. The molecule has 0 unspecified atom stereocenters. The van der Waals surface area contributed by atoms with Crippen molar-refractivity contribution >= 4 is 16.7 Å². The van der Waals surface area contributed by atoms with Crippen LogP contribution in [0.2, 0.25) is 0 Å². The number of ketones is 1. The number of pyridine rings is 1. The van der Waals surface area contributed by atoms with Crippen molar-refractivity contribution in [2.45, 2.75) is 13.8 Å². The van der Waals surface area contributed by atoms with Crippen molar-refractivity contribution in [3.63, 3.8) is 0 Å². The summed E-state index contributed by atoms with van der Waals surface area (Å²) >= 11 is 0. The molecule has 0 saturated carbocycles. The minimum atomic E-state index is 0.0780. The number of hydrogen-bond acceptors (Lipinski definition) is 2. The van der Waals surface area contributed by atoms with Crippen LogP contribution in [0.3, 0.4) is 0 Å². The van der Waals surface area contributed by atoms with Crippen molar-refractivity contribution in [2.75, 3.05) is 0 Å². The van der Waals surface area contributed by atoms with Gasteiger partial charge in [0.2, 0.25) is 0 Å². The van der Waals surface area contributed by atoms with Gasteiger partial charge in [0.25, 0.3) is 0 Å². The maximum absolute atomic E-state index is 11.1. The molecule has 0 atom stereocenters. The third kappa shape index (κ3) is 1.51. The Bertz CT molecular complexity index is 503. The average molecular weight is 185 g/mol. The predicted molar refractivity (Wildman–Crippen MR) is 56.5 cm³/mol. The van der Waals surface area contributed by atoms with Crippen molar-refractivity contribution in [1.82, 2.24) is 4.98 Å². The van der Waals surface area contributed by atoms with E-state index >= 15 is 0 Å². The Balaban J connectivity index is 2.67. The molecule has 2 heteroatoms. The van der Waals surface area contributed by atoms with Crippen LogP contribution < -0.4 is 0 Å². The first-order chi connectivity index (χ1) is 6.66. The highest BCUT2D eigenvalue weighted by Gasteiger charge is 2.01. The molecule has 14 heavy (non-hydrogen) atoms. The van der Waals surface area contributed by atoms with Gasteiger partial charge in [0.1, 0.15) is 0 Å². The van der Waals surface area contributed by atoms with Crippen LogP contribution in [-0.2, 0) is 0 Å². The highest BCUT2D eigenvalue weighted by molar-refractivity contribution is 5.97. The summed E-state index contributed by atoms with van der Waals surface area (Å²) in [6.45, 7) is 3.57. The minimum Gasteiger partial charge on any atom is -0.295 e. The molecule has 1 aromatic carbocycles. The zero-order chi connectivity index (χ0) is 10.1. The molecule has 2 rings (SSSR count). The van der Waals surface area contributed by atoms with Gasteiger partial charge in [-0.25, -0.2) is 0 Å². The average Bonchev–Trinajstić information content (AvgIpc) is 2.16. The second-order valence-corrected chi connectivity index (χ2v) is 3.48. The Morgan fingerprint density at radius 2 is 2.07 bits per heavy atom. The number of aryl methyl sites for hydroxylation is 1. The third-order valence-corrected chi connectivity index (χ3v) is 2.23. The van der Waals surface area contributed by atoms with Crippen LogP contribution in [0.1, 0.15) is 22.8 Å². The van der Waals surface area contributed by atoms with Crippen LogP contribution >= 0.6 is 0 Å². The first kappa shape index (κ1) is 8.88. The fraction of sp³-hybridized carbons (Fsp3) is 0.167. The molecule has 0 saturated heterocycles. The summed E-state index contributed by atoms with van der Waals surface area (Å²) in [6, 6.07) is 7.67. The van der Waals surface area contributed by atoms with Crippen molar-refractivity contribution in [1.29, 1.82) is 0 Å². The molecule has 0 aliphatic rings. The second kappa shape index (κ2) is 3.22. The predicted octanol–water partition coefficient (Wildman–Crippen LogP) is 2.75. The summed E-state index contributed by atoms with van der Waals surface area (Å²) in [5.41, 5.74) is 2.73. The van der Waals surface area contributed by atoms with E-state index in [-0.39, 0.29) is 5.78 Å². The molecule has 0 spiro atoms. The smallest absolute Gasteiger partial charge is 0.159 e. The summed E-state index contributed by atoms with van der Waals surface area (Å²) in [4.78, 5) is 15.4. The van der Waals surface area contributed by atoms with E-state index in [0.717, 1.165) is 16.5 Å². The van der Waals surface area contributed by atoms with Crippen LogP contribution in [-0.4, -0.2) is 10.8 Å². The molecule has 0 bridgehead atoms. The quantitative estimate of drug-likeness (QED) is 0.639. The Morgan fingerprint density at radius 1 is 1.29 bits per heavy atom. The third-order valence-electron chi connectivity index (χ3n) is 2.23. The molecule has 0 aliphatic heterocycles. The second-order valence-electron chi connectivity index (χ2n) is 3.48. The molecule has 1 heterocycles. The van der Waals surface area contributed by atoms with Crippen molar-refractivity contribution in [3.05, 3.63) is 41.6 Å². The maximum atomic E-state index is 11.1. The van der Waals surface area contributed by atoms with Gasteiger partial charge in [-0.15, -0.1) is 0 Å². The lowest BCUT2D eigenvalue weighted by atomic mass is 10.1. The summed E-state index contributed by atoms with van der Waals surface area (Å²) in [5.74, 6) is 0.0780. The van der Waals surface area contributed by atoms with Crippen molar-refractivity contribution in [3.8, 4) is 0 Å². The number of carbonyl (C=O) groups excluding carboxylic acids is 1. The first-order valence-corrected chi connectivity index (χ1v) is 4.54. The van der Waals surface area contributed by atoms with Crippen LogP contribution in [0, 0.1) is 6.92 Å². The highest BCUT2D eigenvalue weighted by Crippen LogP contribution is 2.15. The van der Waals surface area contributed by atoms with Crippen molar-refractivity contribution in [2.24, 2.45) is 0 Å². The summed E-state index contributed by atoms with van der Waals surface area (Å²) in [5, 5.41) is 1.08. The Labute approximate surface area is 82.6 Å². The largest absolute Gasteiger partial charge is 0.295 e. The van der Waals surface area contributed by atoms with Gasteiger partial charge in [0, 0.05) is 17.1 Å². The topological polar surface area (TPSA) is 30.0 Å². The number of benzene rings is 1. The summed E-state index contributed by atoms with van der Waals surface area (Å²) < 4.78 is 0. The van der Waals surface area contributed by atoms with Crippen LogP contribution in [0.5, 0.6) is 0 Å². The molecule has 0 aliphatic carbocycles. The van der Waals surface area contributed by atoms with Gasteiger partial charge >= 0.3 is 0 Å². The number of nitrogens with zero attached hydrogens (tertiary/aromatic N) is 1. The number of hydrogen-bond donors (Lipinski definition) is 0. The van der Waals surface area contributed by atoms with Crippen LogP contribution in [0.4, 0.5) is 0 Å². The molecule has 70 valence electrons. The summed E-state index contributed by atoms with van der Waals surface area (Å²) in [6.07, 6.45) is 1.81. The van der Waals surface area contributed by atoms with E-state index in [0.29, 0.717) is 5.56 Å². The van der Waals surface area contributed by atoms with E-state index in [1.54, 1.807) is 6.92 Å². The van der Waals surface area contributed by atoms with Crippen molar-refractivity contribution < 1.29 is 4.79 Å². The standard InChI is InChI=1S/C12H11NO/c1-8-5-11-4-3-10(9(2)14)6-12(11)13-7-8/h3-7H,1-2H3. The van der Waals surface area contributed by atoms with Gasteiger partial charge in [-0.1, -0.05) is 12.1 Å². The first-order valence-electron chi connectivity index (χ1n) is 4.54. The molecule has 2 nitrogen and oxygen atoms in total. The van der Waals surface area contributed by atoms with E-state index in [4.69, 9.17) is 0 Å². The van der Waals surface area contributed by atoms with Gasteiger partial charge in [0.05, 0.1) is 5.52 Å². The highest BCUT2D eigenvalue weighted by atomic mass is 16.1.